The van der Waals surface area contributed by atoms with Gasteiger partial charge in [0.1, 0.15) is 18.0 Å². The van der Waals surface area contributed by atoms with Gasteiger partial charge in [0, 0.05) is 18.5 Å². The number of amides is 5. The summed E-state index contributed by atoms with van der Waals surface area (Å²) in [6.45, 7) is 5.00. The zero-order valence-electron chi connectivity index (χ0n) is 23.4. The van der Waals surface area contributed by atoms with Crippen molar-refractivity contribution in [2.75, 3.05) is 13.1 Å². The highest BCUT2D eigenvalue weighted by Gasteiger charge is 2.62. The Balaban J connectivity index is 1.35. The average Bonchev–Trinajstić information content (AvgIpc) is 3.55. The Kier molecular flexibility index (Phi) is 7.52. The van der Waals surface area contributed by atoms with Gasteiger partial charge >= 0.3 is 0 Å². The van der Waals surface area contributed by atoms with Crippen LogP contribution < -0.4 is 16.1 Å². The minimum Gasteiger partial charge on any atom is -0.350 e. The molecule has 0 aromatic heterocycles. The lowest BCUT2D eigenvalue weighted by molar-refractivity contribution is -0.150. The summed E-state index contributed by atoms with van der Waals surface area (Å²) in [6, 6.07) is -2.23. The minimum absolute atomic E-state index is 0.0137. The van der Waals surface area contributed by atoms with Crippen molar-refractivity contribution in [1.29, 1.82) is 0 Å². The fraction of sp³-hybridized carbons (Fsp3) is 0.815. The second-order valence-corrected chi connectivity index (χ2v) is 13.9. The Labute approximate surface area is 241 Å². The lowest BCUT2D eigenvalue weighted by Crippen LogP contribution is -2.61. The van der Waals surface area contributed by atoms with Crippen LogP contribution in [0.3, 0.4) is 0 Å². The normalized spacial score (nSPS) is 32.1. The van der Waals surface area contributed by atoms with E-state index in [4.69, 9.17) is 11.6 Å². The number of hydrogen-bond acceptors (Lipinski definition) is 5. The molecule has 3 saturated carbocycles. The van der Waals surface area contributed by atoms with E-state index in [0.717, 1.165) is 30.7 Å². The number of carbonyl (C=O) groups is 5. The molecule has 1 spiro atoms. The highest BCUT2D eigenvalue weighted by atomic mass is 35.5. The van der Waals surface area contributed by atoms with Crippen molar-refractivity contribution in [3.63, 3.8) is 0 Å². The van der Waals surface area contributed by atoms with Crippen LogP contribution in [0.25, 0.3) is 0 Å². The molecule has 3 aliphatic carbocycles. The van der Waals surface area contributed by atoms with E-state index in [2.05, 4.69) is 16.1 Å². The van der Waals surface area contributed by atoms with Crippen LogP contribution in [0.1, 0.15) is 65.7 Å². The van der Waals surface area contributed by atoms with Crippen molar-refractivity contribution in [3.8, 4) is 0 Å². The van der Waals surface area contributed by atoms with Gasteiger partial charge in [-0.05, 0) is 49.4 Å². The third kappa shape index (κ3) is 5.87. The fourth-order valence-electron chi connectivity index (χ4n) is 6.76. The van der Waals surface area contributed by atoms with Gasteiger partial charge in [-0.2, -0.15) is 0 Å². The predicted octanol–water partition coefficient (Wildman–Crippen LogP) is 1.86. The number of halogens is 4. The molecule has 0 unspecified atom stereocenters. The maximum atomic E-state index is 14.0. The molecular formula is C27H37ClF3N5O5. The number of fused-ring (bicyclic) bond motifs is 1. The number of hydrazine groups is 1. The van der Waals surface area contributed by atoms with E-state index in [0.29, 0.717) is 12.8 Å². The van der Waals surface area contributed by atoms with Crippen molar-refractivity contribution in [3.05, 3.63) is 0 Å². The molecule has 3 N–H and O–H groups in total. The molecule has 5 amide bonds. The van der Waals surface area contributed by atoms with Crippen molar-refractivity contribution >= 4 is 41.1 Å². The molecule has 14 heteroatoms. The van der Waals surface area contributed by atoms with Crippen molar-refractivity contribution in [1.82, 2.24) is 26.0 Å². The molecular weight excluding hydrogens is 567 g/mol. The van der Waals surface area contributed by atoms with Crippen LogP contribution in [0.15, 0.2) is 0 Å². The smallest absolute Gasteiger partial charge is 0.291 e. The summed E-state index contributed by atoms with van der Waals surface area (Å²) in [5.41, 5.74) is -1.19. The standard InChI is InChI=1S/C27H37ClF3N5O5/c1-25(2,3)18(32-21(38)16-10-27(16,30)31)23(40)35-11-13-5-4-6-15(13)17(35)22(39)34-36(24(41)19(28)29)12-14-9-26(7-8-26)33-20(14)37/h13-19H,4-12H2,1-3H3,(H,32,38)(H,33,37)(H,34,39)/t13-,14+,15-,16-,17-,18+,19-/m0/s1. The molecule has 0 aromatic carbocycles. The monoisotopic (exact) mass is 603 g/mol. The van der Waals surface area contributed by atoms with E-state index in [-0.39, 0.29) is 36.4 Å². The zero-order chi connectivity index (χ0) is 30.1. The highest BCUT2D eigenvalue weighted by molar-refractivity contribution is 6.29. The first-order valence-corrected chi connectivity index (χ1v) is 14.7. The van der Waals surface area contributed by atoms with E-state index in [9.17, 15) is 37.1 Å². The first kappa shape index (κ1) is 29.9. The average molecular weight is 604 g/mol. The number of likely N-dealkylation sites (tertiary alicyclic amines) is 1. The summed E-state index contributed by atoms with van der Waals surface area (Å²) in [7, 11) is 0. The van der Waals surface area contributed by atoms with Gasteiger partial charge in [0.05, 0.1) is 12.5 Å². The first-order valence-electron chi connectivity index (χ1n) is 14.2. The first-order chi connectivity index (χ1) is 19.0. The van der Waals surface area contributed by atoms with Gasteiger partial charge in [-0.3, -0.25) is 29.4 Å². The fourth-order valence-corrected chi connectivity index (χ4v) is 6.88. The maximum Gasteiger partial charge on any atom is 0.291 e. The Bertz CT molecular complexity index is 1140. The number of carbonyl (C=O) groups excluding carboxylic acids is 5. The molecule has 2 heterocycles. The van der Waals surface area contributed by atoms with E-state index < -0.39 is 70.9 Å². The topological polar surface area (TPSA) is 128 Å². The van der Waals surface area contributed by atoms with E-state index in [1.807, 2.05) is 0 Å². The molecule has 5 aliphatic rings. The Morgan fingerprint density at radius 3 is 2.34 bits per heavy atom. The lowest BCUT2D eigenvalue weighted by atomic mass is 9.85. The van der Waals surface area contributed by atoms with E-state index in [1.165, 1.54) is 4.90 Å². The number of nitrogens with zero attached hydrogens (tertiary/aromatic N) is 2. The molecule has 2 saturated heterocycles. The van der Waals surface area contributed by atoms with Gasteiger partial charge in [-0.25, -0.2) is 18.2 Å². The SMILES string of the molecule is CC(C)(C)[C@H](NC(=O)[C@@H]1CC1(F)F)C(=O)N1C[C@@H]2CCC[C@@H]2[C@H]1C(=O)NN(C[C@H]1CC2(CC2)NC1=O)C(=O)[C@H](F)Cl. The summed E-state index contributed by atoms with van der Waals surface area (Å²) < 4.78 is 41.1. The number of alkyl halides is 4. The molecule has 41 heavy (non-hydrogen) atoms. The Morgan fingerprint density at radius 1 is 1.15 bits per heavy atom. The second-order valence-electron chi connectivity index (χ2n) is 13.5. The molecule has 0 radical (unpaired) electrons. The van der Waals surface area contributed by atoms with Gasteiger partial charge in [-0.1, -0.05) is 38.8 Å². The van der Waals surface area contributed by atoms with E-state index in [1.54, 1.807) is 20.8 Å². The van der Waals surface area contributed by atoms with Gasteiger partial charge in [0.15, 0.2) is 0 Å². The van der Waals surface area contributed by atoms with Crippen LogP contribution in [0.5, 0.6) is 0 Å². The highest BCUT2D eigenvalue weighted by Crippen LogP contribution is 2.49. The van der Waals surface area contributed by atoms with Gasteiger partial charge in [-0.15, -0.1) is 0 Å². The zero-order valence-corrected chi connectivity index (χ0v) is 24.1. The number of hydrogen-bond donors (Lipinski definition) is 3. The number of rotatable bonds is 7. The third-order valence-electron chi connectivity index (χ3n) is 9.33. The molecule has 5 fully saturated rings. The van der Waals surface area contributed by atoms with Gasteiger partial charge in [0.25, 0.3) is 23.4 Å². The third-order valence-corrected chi connectivity index (χ3v) is 9.52. The largest absolute Gasteiger partial charge is 0.350 e. The summed E-state index contributed by atoms with van der Waals surface area (Å²) in [6.07, 6.45) is 3.71. The van der Waals surface area contributed by atoms with Crippen LogP contribution in [-0.2, 0) is 24.0 Å². The quantitative estimate of drug-likeness (QED) is 0.302. The predicted molar refractivity (Wildman–Crippen MR) is 140 cm³/mol. The summed E-state index contributed by atoms with van der Waals surface area (Å²) in [5, 5.41) is 6.13. The van der Waals surface area contributed by atoms with Crippen LogP contribution in [-0.4, -0.2) is 81.7 Å². The van der Waals surface area contributed by atoms with Gasteiger partial charge in [0.2, 0.25) is 17.7 Å². The van der Waals surface area contributed by atoms with Crippen LogP contribution in [0.2, 0.25) is 0 Å². The lowest BCUT2D eigenvalue weighted by Gasteiger charge is -2.37. The number of nitrogens with one attached hydrogen (secondary N) is 3. The molecule has 7 atom stereocenters. The summed E-state index contributed by atoms with van der Waals surface area (Å²) in [5.74, 6) is -9.29. The van der Waals surface area contributed by atoms with Crippen molar-refractivity contribution < 1.29 is 37.1 Å². The molecule has 2 aliphatic heterocycles. The molecule has 228 valence electrons. The van der Waals surface area contributed by atoms with Crippen molar-refractivity contribution in [2.45, 2.75) is 94.9 Å². The second kappa shape index (κ2) is 10.3. The minimum atomic E-state index is -3.11. The molecule has 5 rings (SSSR count). The van der Waals surface area contributed by atoms with Gasteiger partial charge < -0.3 is 15.5 Å². The van der Waals surface area contributed by atoms with Crippen LogP contribution in [0.4, 0.5) is 13.2 Å². The molecule has 0 bridgehead atoms. The maximum absolute atomic E-state index is 14.0. The van der Waals surface area contributed by atoms with Crippen LogP contribution in [0, 0.1) is 29.1 Å². The molecule has 0 aromatic rings. The summed E-state index contributed by atoms with van der Waals surface area (Å²) in [4.78, 5) is 66.8. The van der Waals surface area contributed by atoms with E-state index >= 15 is 0 Å². The Hall–Kier alpha value is -2.57. The van der Waals surface area contributed by atoms with Crippen molar-refractivity contribution in [2.24, 2.45) is 29.1 Å². The van der Waals surface area contributed by atoms with Crippen LogP contribution >= 0.6 is 11.6 Å². The Morgan fingerprint density at radius 2 is 1.80 bits per heavy atom. The summed E-state index contributed by atoms with van der Waals surface area (Å²) >= 11 is 5.45. The molecule has 10 nitrogen and oxygen atoms in total.